The normalized spacial score (nSPS) is 21.8. The van der Waals surface area contributed by atoms with Crippen LogP contribution in [0.15, 0.2) is 0 Å². The lowest BCUT2D eigenvalue weighted by molar-refractivity contribution is -0.106. The van der Waals surface area contributed by atoms with Crippen molar-refractivity contribution in [2.24, 2.45) is 0 Å². The van der Waals surface area contributed by atoms with Gasteiger partial charge in [-0.1, -0.05) is 12.8 Å². The monoisotopic (exact) mass is 218 g/mol. The molecule has 90 valence electrons. The summed E-state index contributed by atoms with van der Waals surface area (Å²) in [6, 6.07) is 0. The zero-order valence-electron chi connectivity index (χ0n) is 9.45. The van der Waals surface area contributed by atoms with Crippen molar-refractivity contribution in [1.29, 1.82) is 0 Å². The molecule has 1 aliphatic carbocycles. The average molecular weight is 218 g/mol. The van der Waals surface area contributed by atoms with E-state index in [9.17, 15) is 5.11 Å². The fourth-order valence-corrected chi connectivity index (χ4v) is 2.00. The summed E-state index contributed by atoms with van der Waals surface area (Å²) in [7, 11) is 0. The van der Waals surface area contributed by atoms with Gasteiger partial charge in [0.25, 0.3) is 0 Å². The van der Waals surface area contributed by atoms with Crippen molar-refractivity contribution in [2.45, 2.75) is 44.3 Å². The topological polar surface area (TPSA) is 58.9 Å². The minimum absolute atomic E-state index is 0.0412. The molecule has 1 aliphatic rings. The van der Waals surface area contributed by atoms with Gasteiger partial charge in [0.05, 0.1) is 38.1 Å². The van der Waals surface area contributed by atoms with E-state index in [1.807, 2.05) is 6.92 Å². The number of aliphatic hydroxyl groups excluding tert-OH is 1. The molecule has 1 fully saturated rings. The van der Waals surface area contributed by atoms with Crippen LogP contribution < -0.4 is 0 Å². The zero-order chi connectivity index (χ0) is 11.1. The molecule has 0 aromatic rings. The standard InChI is InChI=1S/C11H22O4/c1-10(11(13)4-2-3-5-11)15-9-8-14-7-6-12/h10,12-13H,2-9H2,1H3. The van der Waals surface area contributed by atoms with Crippen molar-refractivity contribution >= 4 is 0 Å². The van der Waals surface area contributed by atoms with Gasteiger partial charge in [-0.3, -0.25) is 0 Å². The van der Waals surface area contributed by atoms with Crippen LogP contribution in [0.5, 0.6) is 0 Å². The summed E-state index contributed by atoms with van der Waals surface area (Å²) < 4.78 is 10.6. The summed E-state index contributed by atoms with van der Waals surface area (Å²) in [6.45, 7) is 3.25. The van der Waals surface area contributed by atoms with E-state index in [0.29, 0.717) is 19.8 Å². The van der Waals surface area contributed by atoms with Crippen molar-refractivity contribution < 1.29 is 19.7 Å². The predicted octanol–water partition coefficient (Wildman–Crippen LogP) is 0.705. The van der Waals surface area contributed by atoms with Crippen molar-refractivity contribution in [3.8, 4) is 0 Å². The molecule has 0 radical (unpaired) electrons. The van der Waals surface area contributed by atoms with Crippen LogP contribution in [0.2, 0.25) is 0 Å². The second kappa shape index (κ2) is 6.43. The highest BCUT2D eigenvalue weighted by atomic mass is 16.5. The molecule has 2 N–H and O–H groups in total. The van der Waals surface area contributed by atoms with Crippen LogP contribution in [-0.2, 0) is 9.47 Å². The molecule has 1 unspecified atom stereocenters. The van der Waals surface area contributed by atoms with Crippen molar-refractivity contribution in [2.75, 3.05) is 26.4 Å². The summed E-state index contributed by atoms with van der Waals surface area (Å²) in [6.07, 6.45) is 3.73. The number of ether oxygens (including phenoxy) is 2. The van der Waals surface area contributed by atoms with E-state index in [0.717, 1.165) is 25.7 Å². The first-order chi connectivity index (χ1) is 7.19. The summed E-state index contributed by atoms with van der Waals surface area (Å²) >= 11 is 0. The molecule has 0 aromatic heterocycles. The molecular weight excluding hydrogens is 196 g/mol. The largest absolute Gasteiger partial charge is 0.394 e. The van der Waals surface area contributed by atoms with Crippen LogP contribution >= 0.6 is 0 Å². The van der Waals surface area contributed by atoms with E-state index in [1.165, 1.54) is 0 Å². The van der Waals surface area contributed by atoms with E-state index in [4.69, 9.17) is 14.6 Å². The summed E-state index contributed by atoms with van der Waals surface area (Å²) in [5.41, 5.74) is -0.628. The number of hydrogen-bond acceptors (Lipinski definition) is 4. The summed E-state index contributed by atoms with van der Waals surface area (Å²) in [5.74, 6) is 0. The first-order valence-corrected chi connectivity index (χ1v) is 5.71. The maximum absolute atomic E-state index is 10.2. The zero-order valence-corrected chi connectivity index (χ0v) is 9.45. The van der Waals surface area contributed by atoms with Crippen molar-refractivity contribution in [3.05, 3.63) is 0 Å². The van der Waals surface area contributed by atoms with E-state index < -0.39 is 5.60 Å². The van der Waals surface area contributed by atoms with Gasteiger partial charge in [-0.05, 0) is 19.8 Å². The third kappa shape index (κ3) is 4.07. The molecule has 1 atom stereocenters. The minimum Gasteiger partial charge on any atom is -0.394 e. The quantitative estimate of drug-likeness (QED) is 0.618. The van der Waals surface area contributed by atoms with Crippen LogP contribution in [0.3, 0.4) is 0 Å². The molecule has 0 aromatic carbocycles. The van der Waals surface area contributed by atoms with Gasteiger partial charge in [-0.25, -0.2) is 0 Å². The molecule has 4 heteroatoms. The summed E-state index contributed by atoms with van der Waals surface area (Å²) in [4.78, 5) is 0. The van der Waals surface area contributed by atoms with Gasteiger partial charge < -0.3 is 19.7 Å². The molecule has 0 heterocycles. The van der Waals surface area contributed by atoms with Crippen LogP contribution in [0.25, 0.3) is 0 Å². The van der Waals surface area contributed by atoms with Gasteiger partial charge in [0.15, 0.2) is 0 Å². The predicted molar refractivity (Wildman–Crippen MR) is 56.7 cm³/mol. The van der Waals surface area contributed by atoms with Crippen LogP contribution in [0.1, 0.15) is 32.6 Å². The molecule has 4 nitrogen and oxygen atoms in total. The Labute approximate surface area is 91.2 Å². The molecule has 0 bridgehead atoms. The van der Waals surface area contributed by atoms with E-state index in [1.54, 1.807) is 0 Å². The Morgan fingerprint density at radius 3 is 2.47 bits per heavy atom. The van der Waals surface area contributed by atoms with Gasteiger partial charge in [0.1, 0.15) is 0 Å². The van der Waals surface area contributed by atoms with Gasteiger partial charge in [-0.15, -0.1) is 0 Å². The first kappa shape index (κ1) is 12.9. The number of rotatable bonds is 7. The molecule has 0 saturated heterocycles. The molecule has 0 aliphatic heterocycles. The molecule has 0 amide bonds. The highest BCUT2D eigenvalue weighted by Crippen LogP contribution is 2.33. The third-order valence-corrected chi connectivity index (χ3v) is 3.06. The Morgan fingerprint density at radius 2 is 1.87 bits per heavy atom. The highest BCUT2D eigenvalue weighted by Gasteiger charge is 2.37. The van der Waals surface area contributed by atoms with Gasteiger partial charge >= 0.3 is 0 Å². The maximum atomic E-state index is 10.2. The molecule has 0 spiro atoms. The number of aliphatic hydroxyl groups is 2. The Hall–Kier alpha value is -0.160. The molecule has 1 rings (SSSR count). The lowest BCUT2D eigenvalue weighted by Gasteiger charge is -2.29. The Bertz CT molecular complexity index is 166. The SMILES string of the molecule is CC(OCCOCCO)C1(O)CCCC1. The Morgan fingerprint density at radius 1 is 1.20 bits per heavy atom. The van der Waals surface area contributed by atoms with Crippen LogP contribution in [0, 0.1) is 0 Å². The lowest BCUT2D eigenvalue weighted by atomic mass is 9.96. The second-order valence-electron chi connectivity index (χ2n) is 4.16. The Balaban J connectivity index is 2.09. The fraction of sp³-hybridized carbons (Fsp3) is 1.00. The third-order valence-electron chi connectivity index (χ3n) is 3.06. The average Bonchev–Trinajstić information content (AvgIpc) is 2.66. The highest BCUT2D eigenvalue weighted by molar-refractivity contribution is 4.89. The van der Waals surface area contributed by atoms with E-state index >= 15 is 0 Å². The second-order valence-corrected chi connectivity index (χ2v) is 4.16. The smallest absolute Gasteiger partial charge is 0.0905 e. The minimum atomic E-state index is -0.628. The molecular formula is C11H22O4. The first-order valence-electron chi connectivity index (χ1n) is 5.71. The molecule has 1 saturated carbocycles. The van der Waals surface area contributed by atoms with Gasteiger partial charge in [-0.2, -0.15) is 0 Å². The number of hydrogen-bond donors (Lipinski definition) is 2. The van der Waals surface area contributed by atoms with Gasteiger partial charge in [0, 0.05) is 0 Å². The van der Waals surface area contributed by atoms with Crippen LogP contribution in [0.4, 0.5) is 0 Å². The van der Waals surface area contributed by atoms with Crippen molar-refractivity contribution in [1.82, 2.24) is 0 Å². The van der Waals surface area contributed by atoms with Gasteiger partial charge in [0.2, 0.25) is 0 Å². The van der Waals surface area contributed by atoms with E-state index in [2.05, 4.69) is 0 Å². The fourth-order valence-electron chi connectivity index (χ4n) is 2.00. The molecule has 15 heavy (non-hydrogen) atoms. The van der Waals surface area contributed by atoms with Crippen LogP contribution in [-0.4, -0.2) is 48.3 Å². The van der Waals surface area contributed by atoms with E-state index in [-0.39, 0.29) is 12.7 Å². The maximum Gasteiger partial charge on any atom is 0.0905 e. The summed E-state index contributed by atoms with van der Waals surface area (Å²) in [5, 5.41) is 18.6. The lowest BCUT2D eigenvalue weighted by Crippen LogP contribution is -2.39. The Kier molecular flexibility index (Phi) is 5.53. The van der Waals surface area contributed by atoms with Crippen molar-refractivity contribution in [3.63, 3.8) is 0 Å².